The first-order chi connectivity index (χ1) is 12.1. The van der Waals surface area contributed by atoms with Crippen LogP contribution in [0.3, 0.4) is 0 Å². The van der Waals surface area contributed by atoms with Crippen molar-refractivity contribution in [2.45, 2.75) is 44.1 Å². The van der Waals surface area contributed by atoms with E-state index >= 15 is 0 Å². The highest BCUT2D eigenvalue weighted by atomic mass is 35.5. The van der Waals surface area contributed by atoms with Crippen LogP contribution in [0.2, 0.25) is 0 Å². The summed E-state index contributed by atoms with van der Waals surface area (Å²) in [5.74, 6) is 2.09. The molecule has 0 saturated heterocycles. The van der Waals surface area contributed by atoms with Crippen LogP contribution in [0.4, 0.5) is 0 Å². The van der Waals surface area contributed by atoms with E-state index in [-0.39, 0.29) is 24.6 Å². The van der Waals surface area contributed by atoms with Crippen LogP contribution in [-0.4, -0.2) is 30.1 Å². The third-order valence-electron chi connectivity index (χ3n) is 4.68. The zero-order valence-corrected chi connectivity index (χ0v) is 15.8. The normalized spacial score (nSPS) is 15.3. The fourth-order valence-electron chi connectivity index (χ4n) is 3.16. The number of aromatic nitrogens is 2. The minimum Gasteiger partial charge on any atom is -0.493 e. The van der Waals surface area contributed by atoms with Gasteiger partial charge in [-0.1, -0.05) is 18.0 Å². The standard InChI is InChI=1S/C18H23N3O4.ClH/c1-23-14-7-5-12(11-15(14)24-2)13(22)6-8-16-20-17(21-25-16)18(19)9-3-4-10-18;/h5,7,11H,3-4,6,8-10,19H2,1-2H3;1H. The van der Waals surface area contributed by atoms with Gasteiger partial charge in [-0.15, -0.1) is 12.4 Å². The Balaban J connectivity index is 0.00000243. The van der Waals surface area contributed by atoms with Gasteiger partial charge in [-0.2, -0.15) is 4.98 Å². The fraction of sp³-hybridized carbons (Fsp3) is 0.500. The van der Waals surface area contributed by atoms with Gasteiger partial charge < -0.3 is 19.7 Å². The highest BCUT2D eigenvalue weighted by Gasteiger charge is 2.35. The zero-order chi connectivity index (χ0) is 17.9. The molecule has 0 radical (unpaired) electrons. The van der Waals surface area contributed by atoms with E-state index in [1.54, 1.807) is 25.3 Å². The summed E-state index contributed by atoms with van der Waals surface area (Å²) in [4.78, 5) is 16.8. The summed E-state index contributed by atoms with van der Waals surface area (Å²) in [5, 5.41) is 4.01. The van der Waals surface area contributed by atoms with Crippen molar-refractivity contribution in [1.82, 2.24) is 10.1 Å². The molecule has 7 nitrogen and oxygen atoms in total. The Morgan fingerprint density at radius 2 is 1.92 bits per heavy atom. The summed E-state index contributed by atoms with van der Waals surface area (Å²) in [5.41, 5.74) is 6.40. The molecule has 2 aromatic rings. The average Bonchev–Trinajstić information content (AvgIpc) is 3.29. The van der Waals surface area contributed by atoms with Crippen LogP contribution in [0.25, 0.3) is 0 Å². The highest BCUT2D eigenvalue weighted by Crippen LogP contribution is 2.34. The second kappa shape index (κ2) is 8.51. The van der Waals surface area contributed by atoms with Crippen LogP contribution in [0.15, 0.2) is 22.7 Å². The molecule has 1 aromatic heterocycles. The summed E-state index contributed by atoms with van der Waals surface area (Å²) in [6, 6.07) is 5.11. The SMILES string of the molecule is COc1ccc(C(=O)CCc2nc(C3(N)CCCC3)no2)cc1OC.Cl. The molecular formula is C18H24ClN3O4. The number of methoxy groups -OCH3 is 2. The van der Waals surface area contributed by atoms with Crippen molar-refractivity contribution in [3.63, 3.8) is 0 Å². The Hall–Kier alpha value is -2.12. The van der Waals surface area contributed by atoms with Crippen molar-refractivity contribution >= 4 is 18.2 Å². The lowest BCUT2D eigenvalue weighted by Gasteiger charge is -2.17. The van der Waals surface area contributed by atoms with Crippen LogP contribution in [0.5, 0.6) is 11.5 Å². The van der Waals surface area contributed by atoms with E-state index in [9.17, 15) is 4.79 Å². The minimum atomic E-state index is -0.477. The van der Waals surface area contributed by atoms with Gasteiger partial charge in [-0.25, -0.2) is 0 Å². The monoisotopic (exact) mass is 381 g/mol. The molecule has 0 aliphatic heterocycles. The van der Waals surface area contributed by atoms with Gasteiger partial charge in [0.05, 0.1) is 19.8 Å². The van der Waals surface area contributed by atoms with Crippen molar-refractivity contribution in [3.8, 4) is 11.5 Å². The molecule has 0 bridgehead atoms. The molecule has 1 saturated carbocycles. The maximum atomic E-state index is 12.4. The Kier molecular flexibility index (Phi) is 6.61. The molecule has 1 aliphatic rings. The molecule has 1 aromatic carbocycles. The van der Waals surface area contributed by atoms with Crippen LogP contribution < -0.4 is 15.2 Å². The van der Waals surface area contributed by atoms with Gasteiger partial charge in [0, 0.05) is 18.4 Å². The molecule has 0 atom stereocenters. The van der Waals surface area contributed by atoms with Gasteiger partial charge in [0.25, 0.3) is 0 Å². The van der Waals surface area contributed by atoms with Crippen LogP contribution >= 0.6 is 12.4 Å². The number of Topliss-reactive ketones (excluding diaryl/α,β-unsaturated/α-hetero) is 1. The van der Waals surface area contributed by atoms with Crippen molar-refractivity contribution in [2.75, 3.05) is 14.2 Å². The first-order valence-electron chi connectivity index (χ1n) is 8.43. The van der Waals surface area contributed by atoms with Crippen molar-refractivity contribution in [2.24, 2.45) is 5.73 Å². The van der Waals surface area contributed by atoms with Crippen LogP contribution in [-0.2, 0) is 12.0 Å². The number of aryl methyl sites for hydroxylation is 1. The molecule has 2 N–H and O–H groups in total. The van der Waals surface area contributed by atoms with Gasteiger partial charge in [0.15, 0.2) is 23.1 Å². The molecule has 0 amide bonds. The summed E-state index contributed by atoms with van der Waals surface area (Å²) < 4.78 is 15.7. The van der Waals surface area contributed by atoms with E-state index in [1.807, 2.05) is 0 Å². The van der Waals surface area contributed by atoms with E-state index in [0.29, 0.717) is 35.2 Å². The number of carbonyl (C=O) groups is 1. The van der Waals surface area contributed by atoms with Crippen LogP contribution in [0.1, 0.15) is 54.2 Å². The third-order valence-corrected chi connectivity index (χ3v) is 4.68. The highest BCUT2D eigenvalue weighted by molar-refractivity contribution is 5.96. The van der Waals surface area contributed by atoms with E-state index in [2.05, 4.69) is 10.1 Å². The quantitative estimate of drug-likeness (QED) is 0.735. The van der Waals surface area contributed by atoms with E-state index in [1.165, 1.54) is 7.11 Å². The van der Waals surface area contributed by atoms with Crippen LogP contribution in [0, 0.1) is 0 Å². The van der Waals surface area contributed by atoms with Gasteiger partial charge in [0.1, 0.15) is 0 Å². The summed E-state index contributed by atoms with van der Waals surface area (Å²) in [6.07, 6.45) is 4.56. The lowest BCUT2D eigenvalue weighted by molar-refractivity contribution is 0.0979. The number of hydrogen-bond donors (Lipinski definition) is 1. The van der Waals surface area contributed by atoms with Crippen molar-refractivity contribution < 1.29 is 18.8 Å². The zero-order valence-electron chi connectivity index (χ0n) is 15.0. The number of nitrogens with two attached hydrogens (primary N) is 1. The lowest BCUT2D eigenvalue weighted by Crippen LogP contribution is -2.34. The van der Waals surface area contributed by atoms with Gasteiger partial charge >= 0.3 is 0 Å². The van der Waals surface area contributed by atoms with E-state index in [4.69, 9.17) is 19.7 Å². The number of benzene rings is 1. The molecule has 1 aliphatic carbocycles. The molecule has 8 heteroatoms. The maximum Gasteiger partial charge on any atom is 0.227 e. The smallest absolute Gasteiger partial charge is 0.227 e. The van der Waals surface area contributed by atoms with Crippen molar-refractivity contribution in [3.05, 3.63) is 35.5 Å². The first kappa shape index (κ1) is 20.2. The number of halogens is 1. The third kappa shape index (κ3) is 4.16. The molecule has 142 valence electrons. The molecular weight excluding hydrogens is 358 g/mol. The Morgan fingerprint density at radius 3 is 2.58 bits per heavy atom. The van der Waals surface area contributed by atoms with E-state index < -0.39 is 5.54 Å². The predicted octanol–water partition coefficient (Wildman–Crippen LogP) is 3.05. The number of hydrogen-bond acceptors (Lipinski definition) is 7. The predicted molar refractivity (Wildman–Crippen MR) is 98.1 cm³/mol. The van der Waals surface area contributed by atoms with Crippen molar-refractivity contribution in [1.29, 1.82) is 0 Å². The molecule has 3 rings (SSSR count). The summed E-state index contributed by atoms with van der Waals surface area (Å²) >= 11 is 0. The molecule has 1 heterocycles. The average molecular weight is 382 g/mol. The Morgan fingerprint density at radius 1 is 1.23 bits per heavy atom. The van der Waals surface area contributed by atoms with Gasteiger partial charge in [0.2, 0.25) is 5.89 Å². The Labute approximate surface area is 158 Å². The fourth-order valence-corrected chi connectivity index (χ4v) is 3.16. The first-order valence-corrected chi connectivity index (χ1v) is 8.43. The van der Waals surface area contributed by atoms with Gasteiger partial charge in [-0.05, 0) is 31.0 Å². The lowest BCUT2D eigenvalue weighted by atomic mass is 9.99. The molecule has 0 spiro atoms. The number of nitrogens with zero attached hydrogens (tertiary/aromatic N) is 2. The topological polar surface area (TPSA) is 100 Å². The molecule has 1 fully saturated rings. The molecule has 26 heavy (non-hydrogen) atoms. The maximum absolute atomic E-state index is 12.4. The number of rotatable bonds is 7. The van der Waals surface area contributed by atoms with E-state index in [0.717, 1.165) is 25.7 Å². The number of ketones is 1. The Bertz CT molecular complexity index is 757. The second-order valence-electron chi connectivity index (χ2n) is 6.37. The minimum absolute atomic E-state index is 0. The summed E-state index contributed by atoms with van der Waals surface area (Å²) in [6.45, 7) is 0. The van der Waals surface area contributed by atoms with Gasteiger partial charge in [-0.3, -0.25) is 4.79 Å². The molecule has 0 unspecified atom stereocenters. The summed E-state index contributed by atoms with van der Waals surface area (Å²) in [7, 11) is 3.10. The number of carbonyl (C=O) groups excluding carboxylic acids is 1. The number of ether oxygens (including phenoxy) is 2. The largest absolute Gasteiger partial charge is 0.493 e. The second-order valence-corrected chi connectivity index (χ2v) is 6.37.